The number of hydrogen-bond acceptors (Lipinski definition) is 5. The number of aromatic nitrogens is 2. The van der Waals surface area contributed by atoms with E-state index < -0.39 is 11.7 Å². The Bertz CT molecular complexity index is 989. The summed E-state index contributed by atoms with van der Waals surface area (Å²) in [4.78, 5) is 11.3. The van der Waals surface area contributed by atoms with Gasteiger partial charge in [-0.15, -0.1) is 5.11 Å². The summed E-state index contributed by atoms with van der Waals surface area (Å²) in [6.45, 7) is 3.64. The van der Waals surface area contributed by atoms with Crippen LogP contribution in [0.2, 0.25) is 0 Å². The Hall–Kier alpha value is -3.22. The van der Waals surface area contributed by atoms with Crippen molar-refractivity contribution in [2.75, 3.05) is 0 Å². The number of carboxylic acids is 1. The van der Waals surface area contributed by atoms with E-state index in [2.05, 4.69) is 15.3 Å². The molecule has 0 aliphatic heterocycles. The summed E-state index contributed by atoms with van der Waals surface area (Å²) in [5, 5.41) is 35.4. The van der Waals surface area contributed by atoms with Crippen molar-refractivity contribution in [3.8, 4) is 5.75 Å². The van der Waals surface area contributed by atoms with E-state index in [0.29, 0.717) is 22.2 Å². The molecule has 3 rings (SSSR count). The first-order valence-electron chi connectivity index (χ1n) is 7.28. The zero-order valence-corrected chi connectivity index (χ0v) is 13.4. The molecule has 0 spiro atoms. The smallest absolute Gasteiger partial charge is 0.335 e. The van der Waals surface area contributed by atoms with Crippen LogP contribution < -0.4 is 5.11 Å². The van der Waals surface area contributed by atoms with E-state index in [1.807, 2.05) is 6.92 Å². The van der Waals surface area contributed by atoms with Crippen LogP contribution >= 0.6 is 0 Å². The Morgan fingerprint density at radius 3 is 2.50 bits per heavy atom. The maximum absolute atomic E-state index is 12.5. The second-order valence-corrected chi connectivity index (χ2v) is 5.47. The summed E-state index contributed by atoms with van der Waals surface area (Å²) in [5.41, 5.74) is 1.77. The highest BCUT2D eigenvalue weighted by atomic mass is 16.4. The molecule has 0 saturated carbocycles. The summed E-state index contributed by atoms with van der Waals surface area (Å²) in [7, 11) is 1.79. The van der Waals surface area contributed by atoms with Gasteiger partial charge in [-0.3, -0.25) is 4.68 Å². The fourth-order valence-corrected chi connectivity index (χ4v) is 2.57. The zero-order chi connectivity index (χ0) is 17.4. The summed E-state index contributed by atoms with van der Waals surface area (Å²) >= 11 is 0. The number of aromatic carboxylic acids is 1. The Kier molecular flexibility index (Phi) is 3.76. The molecule has 0 radical (unpaired) electrons. The SMILES string of the molecule is Cc1nn(C)c(C)c1N=Nc1c([O-])c(C(=O)O)cc2ccccc12. The van der Waals surface area contributed by atoms with Crippen molar-refractivity contribution >= 4 is 28.1 Å². The average Bonchev–Trinajstić information content (AvgIpc) is 2.79. The van der Waals surface area contributed by atoms with Crippen molar-refractivity contribution in [3.63, 3.8) is 0 Å². The van der Waals surface area contributed by atoms with Gasteiger partial charge in [0, 0.05) is 12.4 Å². The highest BCUT2D eigenvalue weighted by Crippen LogP contribution is 2.38. The Morgan fingerprint density at radius 1 is 1.21 bits per heavy atom. The molecule has 1 N–H and O–H groups in total. The summed E-state index contributed by atoms with van der Waals surface area (Å²) < 4.78 is 1.67. The maximum atomic E-state index is 12.5. The molecule has 0 aliphatic carbocycles. The van der Waals surface area contributed by atoms with Gasteiger partial charge >= 0.3 is 5.97 Å². The number of nitrogens with zero attached hydrogens (tertiary/aromatic N) is 4. The maximum Gasteiger partial charge on any atom is 0.335 e. The third kappa shape index (κ3) is 2.50. The van der Waals surface area contributed by atoms with Crippen molar-refractivity contribution < 1.29 is 15.0 Å². The van der Waals surface area contributed by atoms with Crippen LogP contribution in [-0.4, -0.2) is 20.9 Å². The van der Waals surface area contributed by atoms with Crippen molar-refractivity contribution in [2.24, 2.45) is 17.3 Å². The monoisotopic (exact) mass is 323 g/mol. The minimum atomic E-state index is -1.28. The first-order chi connectivity index (χ1) is 11.4. The molecule has 0 atom stereocenters. The van der Waals surface area contributed by atoms with Crippen molar-refractivity contribution in [2.45, 2.75) is 13.8 Å². The van der Waals surface area contributed by atoms with Crippen LogP contribution in [0, 0.1) is 13.8 Å². The third-order valence-corrected chi connectivity index (χ3v) is 3.93. The number of aryl methyl sites for hydroxylation is 2. The molecule has 7 nitrogen and oxygen atoms in total. The number of carboxylic acid groups (broad SMARTS) is 1. The first kappa shape index (κ1) is 15.7. The predicted molar refractivity (Wildman–Crippen MR) is 87.2 cm³/mol. The van der Waals surface area contributed by atoms with Gasteiger partial charge in [0.05, 0.1) is 22.6 Å². The molecule has 3 aromatic rings. The number of benzene rings is 2. The number of rotatable bonds is 3. The Morgan fingerprint density at radius 2 is 1.88 bits per heavy atom. The van der Waals surface area contributed by atoms with Gasteiger partial charge in [0.2, 0.25) is 0 Å². The van der Waals surface area contributed by atoms with Gasteiger partial charge in [-0.2, -0.15) is 10.2 Å². The fraction of sp³-hybridized carbons (Fsp3) is 0.176. The quantitative estimate of drug-likeness (QED) is 0.746. The van der Waals surface area contributed by atoms with E-state index in [-0.39, 0.29) is 11.3 Å². The number of hydrogen-bond donors (Lipinski definition) is 1. The lowest BCUT2D eigenvalue weighted by Gasteiger charge is -2.15. The molecule has 24 heavy (non-hydrogen) atoms. The van der Waals surface area contributed by atoms with E-state index in [1.54, 1.807) is 42.9 Å². The van der Waals surface area contributed by atoms with Gasteiger partial charge in [-0.1, -0.05) is 30.0 Å². The highest BCUT2D eigenvalue weighted by molar-refractivity contribution is 6.04. The molecule has 0 amide bonds. The van der Waals surface area contributed by atoms with Crippen LogP contribution in [0.5, 0.6) is 5.75 Å². The van der Waals surface area contributed by atoms with Gasteiger partial charge < -0.3 is 10.2 Å². The van der Waals surface area contributed by atoms with E-state index in [1.165, 1.54) is 6.07 Å². The molecule has 2 aromatic carbocycles. The fourth-order valence-electron chi connectivity index (χ4n) is 2.57. The van der Waals surface area contributed by atoms with Gasteiger partial charge in [-0.05, 0) is 25.3 Å². The Labute approximate surface area is 137 Å². The molecule has 1 heterocycles. The van der Waals surface area contributed by atoms with Gasteiger partial charge in [0.15, 0.2) is 0 Å². The molecule has 0 saturated heterocycles. The summed E-state index contributed by atoms with van der Waals surface area (Å²) in [6.07, 6.45) is 0. The summed E-state index contributed by atoms with van der Waals surface area (Å²) in [5.74, 6) is -1.93. The van der Waals surface area contributed by atoms with Crippen LogP contribution in [0.3, 0.4) is 0 Å². The minimum absolute atomic E-state index is 0.0214. The van der Waals surface area contributed by atoms with Crippen molar-refractivity contribution in [1.29, 1.82) is 0 Å². The number of azo groups is 1. The first-order valence-corrected chi connectivity index (χ1v) is 7.28. The summed E-state index contributed by atoms with van der Waals surface area (Å²) in [6, 6.07) is 8.36. The minimum Gasteiger partial charge on any atom is -0.870 e. The highest BCUT2D eigenvalue weighted by Gasteiger charge is 2.13. The molecule has 0 bridgehead atoms. The molecule has 0 fully saturated rings. The van der Waals surface area contributed by atoms with E-state index in [9.17, 15) is 15.0 Å². The van der Waals surface area contributed by atoms with Gasteiger partial charge in [0.1, 0.15) is 5.69 Å². The molecule has 1 aromatic heterocycles. The van der Waals surface area contributed by atoms with Crippen molar-refractivity contribution in [1.82, 2.24) is 9.78 Å². The Balaban J connectivity index is 2.23. The molecular weight excluding hydrogens is 308 g/mol. The van der Waals surface area contributed by atoms with Gasteiger partial charge in [-0.25, -0.2) is 4.79 Å². The molecule has 122 valence electrons. The predicted octanol–water partition coefficient (Wildman–Crippen LogP) is 3.38. The number of carbonyl (C=O) groups is 1. The van der Waals surface area contributed by atoms with Crippen LogP contribution in [0.25, 0.3) is 10.8 Å². The normalized spacial score (nSPS) is 11.5. The van der Waals surface area contributed by atoms with E-state index in [0.717, 1.165) is 5.69 Å². The molecule has 0 aliphatic rings. The largest absolute Gasteiger partial charge is 0.870 e. The number of fused-ring (bicyclic) bond motifs is 1. The lowest BCUT2D eigenvalue weighted by molar-refractivity contribution is -0.267. The molecule has 7 heteroatoms. The zero-order valence-electron chi connectivity index (χ0n) is 13.4. The molecular formula is C17H15N4O3-. The van der Waals surface area contributed by atoms with Crippen LogP contribution in [-0.2, 0) is 7.05 Å². The molecule has 0 unspecified atom stereocenters. The lowest BCUT2D eigenvalue weighted by Crippen LogP contribution is -2.04. The van der Waals surface area contributed by atoms with Crippen LogP contribution in [0.1, 0.15) is 21.7 Å². The van der Waals surface area contributed by atoms with Gasteiger partial charge in [0.25, 0.3) is 0 Å². The lowest BCUT2D eigenvalue weighted by atomic mass is 10.0. The van der Waals surface area contributed by atoms with Crippen LogP contribution in [0.15, 0.2) is 40.6 Å². The standard InChI is InChI=1S/C17H16N4O3/c1-9-14(10(2)21(3)20-9)18-19-15-12-7-5-4-6-11(12)8-13(16(15)22)17(23)24/h4-8,22H,1-3H3,(H,23,24)/p-1. The second kappa shape index (κ2) is 5.77. The topological polar surface area (TPSA) is 103 Å². The van der Waals surface area contributed by atoms with E-state index >= 15 is 0 Å². The average molecular weight is 323 g/mol. The van der Waals surface area contributed by atoms with Crippen LogP contribution in [0.4, 0.5) is 11.4 Å². The second-order valence-electron chi connectivity index (χ2n) is 5.47. The third-order valence-electron chi connectivity index (χ3n) is 3.93. The van der Waals surface area contributed by atoms with Crippen molar-refractivity contribution in [3.05, 3.63) is 47.3 Å². The van der Waals surface area contributed by atoms with E-state index in [4.69, 9.17) is 0 Å².